The number of ether oxygens (including phenoxy) is 1. The Morgan fingerprint density at radius 1 is 1.50 bits per heavy atom. The van der Waals surface area contributed by atoms with E-state index in [-0.39, 0.29) is 9.51 Å². The van der Waals surface area contributed by atoms with Gasteiger partial charge >= 0.3 is 0 Å². The fourth-order valence-corrected chi connectivity index (χ4v) is 1.84. The van der Waals surface area contributed by atoms with Gasteiger partial charge in [-0.3, -0.25) is 4.79 Å². The highest BCUT2D eigenvalue weighted by molar-refractivity contribution is 14.1. The molecule has 0 saturated carbocycles. The quantitative estimate of drug-likeness (QED) is 0.419. The lowest BCUT2D eigenvalue weighted by Gasteiger charge is -2.37. The Hall–Kier alpha value is 0.160. The molecule has 1 aliphatic rings. The Morgan fingerprint density at radius 2 is 2.00 bits per heavy atom. The maximum Gasteiger partial charge on any atom is 0.283 e. The molecule has 0 aromatic rings. The Kier molecular flexibility index (Phi) is 3.34. The maximum atomic E-state index is 11.0. The fraction of sp³-hybridized carbons (Fsp3) is 0.875. The molecule has 0 atom stereocenters. The summed E-state index contributed by atoms with van der Waals surface area (Å²) in [6.07, 6.45) is 1.89. The molecule has 0 aliphatic carbocycles. The molecule has 3 nitrogen and oxygen atoms in total. The molecule has 12 heavy (non-hydrogen) atoms. The van der Waals surface area contributed by atoms with Crippen molar-refractivity contribution in [1.29, 1.82) is 0 Å². The van der Waals surface area contributed by atoms with Gasteiger partial charge in [0.15, 0.2) is 0 Å². The number of carbonyl (C=O) groups is 1. The van der Waals surface area contributed by atoms with Crippen LogP contribution >= 0.6 is 22.6 Å². The van der Waals surface area contributed by atoms with Gasteiger partial charge in [0.2, 0.25) is 0 Å². The summed E-state index contributed by atoms with van der Waals surface area (Å²) < 4.78 is 5.51. The van der Waals surface area contributed by atoms with Crippen LogP contribution in [-0.2, 0) is 4.74 Å². The second kappa shape index (κ2) is 3.91. The number of nitrogens with zero attached hydrogens (tertiary/aromatic N) is 1. The lowest BCUT2D eigenvalue weighted by Crippen LogP contribution is -2.44. The molecule has 0 spiro atoms. The number of amides is 1. The van der Waals surface area contributed by atoms with Gasteiger partial charge in [0.05, 0.1) is 5.60 Å². The van der Waals surface area contributed by atoms with Crippen LogP contribution in [0.5, 0.6) is 0 Å². The van der Waals surface area contributed by atoms with Crippen LogP contribution < -0.4 is 0 Å². The van der Waals surface area contributed by atoms with Crippen LogP contribution in [0.15, 0.2) is 0 Å². The highest BCUT2D eigenvalue weighted by Crippen LogP contribution is 2.25. The molecule has 70 valence electrons. The highest BCUT2D eigenvalue weighted by atomic mass is 127. The third-order valence-corrected chi connectivity index (χ3v) is 3.24. The number of rotatable bonds is 1. The van der Waals surface area contributed by atoms with Crippen molar-refractivity contribution in [1.82, 2.24) is 4.90 Å². The molecule has 0 N–H and O–H groups in total. The molecule has 1 heterocycles. The predicted molar refractivity (Wildman–Crippen MR) is 55.6 cm³/mol. The van der Waals surface area contributed by atoms with E-state index < -0.39 is 0 Å². The number of hydrogen-bond acceptors (Lipinski definition) is 2. The van der Waals surface area contributed by atoms with Gasteiger partial charge in [-0.05, 0) is 19.8 Å². The van der Waals surface area contributed by atoms with Gasteiger partial charge in [0.1, 0.15) is 0 Å². The molecule has 1 aliphatic heterocycles. The maximum absolute atomic E-state index is 11.0. The Labute approximate surface area is 86.6 Å². The standard InChI is InChI=1S/C8H14INO2/c1-8(12-2)3-5-10(6-4-8)7(9)11/h3-6H2,1-2H3. The Balaban J connectivity index is 2.44. The third-order valence-electron chi connectivity index (χ3n) is 2.56. The summed E-state index contributed by atoms with van der Waals surface area (Å²) in [5.41, 5.74) is -0.0113. The van der Waals surface area contributed by atoms with Gasteiger partial charge in [-0.1, -0.05) is 0 Å². The molecule has 1 amide bonds. The summed E-state index contributed by atoms with van der Waals surface area (Å²) in [6, 6.07) is 0. The van der Waals surface area contributed by atoms with Crippen molar-refractivity contribution >= 4 is 26.5 Å². The molecule has 1 rings (SSSR count). The number of carbonyl (C=O) groups excluding carboxylic acids is 1. The summed E-state index contributed by atoms with van der Waals surface area (Å²) in [7, 11) is 1.74. The normalized spacial score (nSPS) is 22.4. The van der Waals surface area contributed by atoms with Crippen LogP contribution in [0.25, 0.3) is 0 Å². The van der Waals surface area contributed by atoms with Crippen LogP contribution in [0.4, 0.5) is 4.79 Å². The zero-order valence-corrected chi connectivity index (χ0v) is 9.63. The van der Waals surface area contributed by atoms with Crippen LogP contribution in [-0.4, -0.2) is 34.6 Å². The van der Waals surface area contributed by atoms with E-state index >= 15 is 0 Å². The smallest absolute Gasteiger partial charge is 0.283 e. The van der Waals surface area contributed by atoms with E-state index in [2.05, 4.69) is 6.92 Å². The summed E-state index contributed by atoms with van der Waals surface area (Å²) in [6.45, 7) is 3.75. The van der Waals surface area contributed by atoms with Crippen molar-refractivity contribution in [2.24, 2.45) is 0 Å². The van der Waals surface area contributed by atoms with Crippen molar-refractivity contribution in [2.45, 2.75) is 25.4 Å². The Bertz CT molecular complexity index is 176. The first-order valence-electron chi connectivity index (χ1n) is 4.07. The van der Waals surface area contributed by atoms with Crippen molar-refractivity contribution in [3.05, 3.63) is 0 Å². The minimum atomic E-state index is -0.0113. The lowest BCUT2D eigenvalue weighted by molar-refractivity contribution is -0.0335. The molecule has 0 aromatic heterocycles. The zero-order chi connectivity index (χ0) is 9.19. The van der Waals surface area contributed by atoms with E-state index in [1.807, 2.05) is 27.5 Å². The molecule has 0 radical (unpaired) electrons. The average molecular weight is 283 g/mol. The van der Waals surface area contributed by atoms with E-state index in [1.54, 1.807) is 7.11 Å². The molecule has 0 unspecified atom stereocenters. The van der Waals surface area contributed by atoms with E-state index in [9.17, 15) is 4.79 Å². The topological polar surface area (TPSA) is 29.5 Å². The van der Waals surface area contributed by atoms with E-state index in [0.29, 0.717) is 0 Å². The van der Waals surface area contributed by atoms with E-state index in [1.165, 1.54) is 0 Å². The zero-order valence-electron chi connectivity index (χ0n) is 7.47. The first-order chi connectivity index (χ1) is 5.57. The predicted octanol–water partition coefficient (Wildman–Crippen LogP) is 2.04. The summed E-state index contributed by atoms with van der Waals surface area (Å²) >= 11 is 1.83. The molecule has 0 bridgehead atoms. The largest absolute Gasteiger partial charge is 0.378 e. The van der Waals surface area contributed by atoms with Crippen LogP contribution in [0, 0.1) is 0 Å². The number of halogens is 1. The van der Waals surface area contributed by atoms with Gasteiger partial charge in [-0.25, -0.2) is 0 Å². The summed E-state index contributed by atoms with van der Waals surface area (Å²) in [5, 5.41) is 0. The monoisotopic (exact) mass is 283 g/mol. The molecule has 0 aromatic carbocycles. The first kappa shape index (κ1) is 10.2. The number of methoxy groups -OCH3 is 1. The minimum absolute atomic E-state index is 0.0113. The number of likely N-dealkylation sites (tertiary alicyclic amines) is 1. The van der Waals surface area contributed by atoms with Crippen molar-refractivity contribution in [3.8, 4) is 0 Å². The van der Waals surface area contributed by atoms with Crippen molar-refractivity contribution in [2.75, 3.05) is 20.2 Å². The van der Waals surface area contributed by atoms with Gasteiger partial charge in [-0.15, -0.1) is 0 Å². The Morgan fingerprint density at radius 3 is 2.33 bits per heavy atom. The SMILES string of the molecule is COC1(C)CCN(C(=O)I)CC1. The van der Waals surface area contributed by atoms with Crippen LogP contribution in [0.2, 0.25) is 0 Å². The molecule has 1 fully saturated rings. The molecule has 1 saturated heterocycles. The van der Waals surface area contributed by atoms with Crippen molar-refractivity contribution in [3.63, 3.8) is 0 Å². The summed E-state index contributed by atoms with van der Waals surface area (Å²) in [4.78, 5) is 12.8. The average Bonchev–Trinajstić information content (AvgIpc) is 2.05. The van der Waals surface area contributed by atoms with Gasteiger partial charge in [0, 0.05) is 42.8 Å². The number of hydrogen-bond donors (Lipinski definition) is 0. The third kappa shape index (κ3) is 2.32. The van der Waals surface area contributed by atoms with Gasteiger partial charge < -0.3 is 9.64 Å². The lowest BCUT2D eigenvalue weighted by atomic mass is 9.94. The second-order valence-electron chi connectivity index (χ2n) is 3.39. The molecular weight excluding hydrogens is 269 g/mol. The minimum Gasteiger partial charge on any atom is -0.378 e. The van der Waals surface area contributed by atoms with Crippen LogP contribution in [0.3, 0.4) is 0 Å². The molecular formula is C8H14INO2. The van der Waals surface area contributed by atoms with Gasteiger partial charge in [0.25, 0.3) is 3.91 Å². The highest BCUT2D eigenvalue weighted by Gasteiger charge is 2.30. The van der Waals surface area contributed by atoms with E-state index in [0.717, 1.165) is 25.9 Å². The van der Waals surface area contributed by atoms with Gasteiger partial charge in [-0.2, -0.15) is 0 Å². The van der Waals surface area contributed by atoms with Crippen LogP contribution in [0.1, 0.15) is 19.8 Å². The van der Waals surface area contributed by atoms with E-state index in [4.69, 9.17) is 4.74 Å². The first-order valence-corrected chi connectivity index (χ1v) is 5.15. The number of piperidine rings is 1. The molecule has 4 heteroatoms. The second-order valence-corrected chi connectivity index (χ2v) is 4.32. The fourth-order valence-electron chi connectivity index (χ4n) is 1.36. The van der Waals surface area contributed by atoms with Crippen molar-refractivity contribution < 1.29 is 9.53 Å². The summed E-state index contributed by atoms with van der Waals surface area (Å²) in [5.74, 6) is 0.